The molecule has 4 rings (SSSR count). The maximum absolute atomic E-state index is 6.14. The lowest BCUT2D eigenvalue weighted by molar-refractivity contribution is 0.410. The minimum Gasteiger partial charge on any atom is -0.371 e. The average molecular weight is 368 g/mol. The molecule has 0 bridgehead atoms. The van der Waals surface area contributed by atoms with E-state index in [2.05, 4.69) is 55.7 Å². The number of rotatable bonds is 5. The first-order valence-electron chi connectivity index (χ1n) is 8.96. The van der Waals surface area contributed by atoms with Crippen LogP contribution in [0.3, 0.4) is 0 Å². The molecule has 1 aliphatic rings. The third-order valence-corrected chi connectivity index (χ3v) is 5.12. The van der Waals surface area contributed by atoms with Crippen molar-refractivity contribution in [1.82, 2.24) is 20.5 Å². The minimum atomic E-state index is 0.521. The van der Waals surface area contributed by atoms with Crippen LogP contribution < -0.4 is 10.2 Å². The predicted molar refractivity (Wildman–Crippen MR) is 105 cm³/mol. The van der Waals surface area contributed by atoms with Crippen molar-refractivity contribution in [2.24, 2.45) is 0 Å². The Labute approximate surface area is 158 Å². The number of piperidine rings is 1. The molecule has 2 heterocycles. The Bertz CT molecular complexity index is 841. The first-order valence-corrected chi connectivity index (χ1v) is 9.34. The fourth-order valence-electron chi connectivity index (χ4n) is 3.45. The number of nitrogens with zero attached hydrogens (tertiary/aromatic N) is 3. The van der Waals surface area contributed by atoms with E-state index >= 15 is 0 Å². The van der Waals surface area contributed by atoms with Gasteiger partial charge in [-0.25, -0.2) is 4.98 Å². The standard InChI is InChI=1S/C20H22ClN5/c21-17-5-1-3-15(11-17)16-4-2-6-19(12-16)26-9-7-18(8-10-26)22-13-20-23-14-24-25-20/h1-6,11-12,14,18,22H,7-10,13H2,(H,23,24,25). The second kappa shape index (κ2) is 7.89. The monoisotopic (exact) mass is 367 g/mol. The van der Waals surface area contributed by atoms with Crippen molar-refractivity contribution in [3.63, 3.8) is 0 Å². The quantitative estimate of drug-likeness (QED) is 0.718. The molecule has 0 unspecified atom stereocenters. The van der Waals surface area contributed by atoms with Gasteiger partial charge in [0, 0.05) is 29.8 Å². The number of benzene rings is 2. The highest BCUT2D eigenvalue weighted by atomic mass is 35.5. The molecule has 1 aliphatic heterocycles. The second-order valence-corrected chi connectivity index (χ2v) is 7.07. The molecular formula is C20H22ClN5. The summed E-state index contributed by atoms with van der Waals surface area (Å²) in [4.78, 5) is 6.62. The van der Waals surface area contributed by atoms with E-state index in [9.17, 15) is 0 Å². The lowest BCUT2D eigenvalue weighted by atomic mass is 10.0. The fourth-order valence-corrected chi connectivity index (χ4v) is 3.64. The summed E-state index contributed by atoms with van der Waals surface area (Å²) in [7, 11) is 0. The van der Waals surface area contributed by atoms with E-state index in [1.165, 1.54) is 11.3 Å². The normalized spacial score (nSPS) is 15.3. The van der Waals surface area contributed by atoms with Crippen LogP contribution in [0.1, 0.15) is 18.7 Å². The summed E-state index contributed by atoms with van der Waals surface area (Å²) in [6.45, 7) is 2.84. The Morgan fingerprint density at radius 1 is 1.08 bits per heavy atom. The minimum absolute atomic E-state index is 0.521. The van der Waals surface area contributed by atoms with Crippen LogP contribution >= 0.6 is 11.6 Å². The Morgan fingerprint density at radius 3 is 2.58 bits per heavy atom. The van der Waals surface area contributed by atoms with Crippen LogP contribution in [-0.4, -0.2) is 34.3 Å². The first kappa shape index (κ1) is 17.1. The molecule has 26 heavy (non-hydrogen) atoms. The molecule has 0 atom stereocenters. The van der Waals surface area contributed by atoms with Crippen LogP contribution in [0.15, 0.2) is 54.9 Å². The zero-order valence-corrected chi connectivity index (χ0v) is 15.3. The van der Waals surface area contributed by atoms with Gasteiger partial charge in [0.05, 0.1) is 6.54 Å². The van der Waals surface area contributed by atoms with Gasteiger partial charge in [-0.05, 0) is 48.2 Å². The number of H-pyrrole nitrogens is 1. The summed E-state index contributed by atoms with van der Waals surface area (Å²) in [5, 5.41) is 11.1. The Hall–Kier alpha value is -2.37. The third-order valence-electron chi connectivity index (χ3n) is 4.89. The Morgan fingerprint density at radius 2 is 1.85 bits per heavy atom. The van der Waals surface area contributed by atoms with Crippen molar-refractivity contribution in [1.29, 1.82) is 0 Å². The molecule has 1 saturated heterocycles. The maximum atomic E-state index is 6.14. The SMILES string of the molecule is Clc1cccc(-c2cccc(N3CCC(NCc4ncn[nH]4)CC3)c2)c1. The molecule has 2 N–H and O–H groups in total. The van der Waals surface area contributed by atoms with Crippen molar-refractivity contribution in [3.05, 3.63) is 65.7 Å². The highest BCUT2D eigenvalue weighted by molar-refractivity contribution is 6.30. The molecule has 1 aromatic heterocycles. The summed E-state index contributed by atoms with van der Waals surface area (Å²) < 4.78 is 0. The van der Waals surface area contributed by atoms with Gasteiger partial charge >= 0.3 is 0 Å². The lowest BCUT2D eigenvalue weighted by Gasteiger charge is -2.34. The number of halogens is 1. The maximum Gasteiger partial charge on any atom is 0.138 e. The van der Waals surface area contributed by atoms with Crippen molar-refractivity contribution < 1.29 is 0 Å². The fraction of sp³-hybridized carbons (Fsp3) is 0.300. The predicted octanol–water partition coefficient (Wildman–Crippen LogP) is 3.88. The van der Waals surface area contributed by atoms with Crippen molar-refractivity contribution in [2.45, 2.75) is 25.4 Å². The van der Waals surface area contributed by atoms with E-state index in [4.69, 9.17) is 11.6 Å². The van der Waals surface area contributed by atoms with Gasteiger partial charge in [0.1, 0.15) is 12.2 Å². The smallest absolute Gasteiger partial charge is 0.138 e. The topological polar surface area (TPSA) is 56.8 Å². The van der Waals surface area contributed by atoms with Crippen LogP contribution in [0, 0.1) is 0 Å². The molecule has 5 nitrogen and oxygen atoms in total. The van der Waals surface area contributed by atoms with Gasteiger partial charge in [-0.1, -0.05) is 35.9 Å². The molecular weight excluding hydrogens is 346 g/mol. The summed E-state index contributed by atoms with van der Waals surface area (Å²) in [5.41, 5.74) is 3.63. The number of aromatic amines is 1. The van der Waals surface area contributed by atoms with E-state index in [0.29, 0.717) is 6.04 Å². The average Bonchev–Trinajstić information content (AvgIpc) is 3.21. The second-order valence-electron chi connectivity index (χ2n) is 6.64. The van der Waals surface area contributed by atoms with Gasteiger partial charge in [-0.3, -0.25) is 5.10 Å². The summed E-state index contributed by atoms with van der Waals surface area (Å²) in [6, 6.07) is 17.3. The molecule has 134 valence electrons. The Kier molecular flexibility index (Phi) is 5.18. The van der Waals surface area contributed by atoms with E-state index in [1.807, 2.05) is 18.2 Å². The number of hydrogen-bond donors (Lipinski definition) is 2. The van der Waals surface area contributed by atoms with Gasteiger partial charge in [0.2, 0.25) is 0 Å². The van der Waals surface area contributed by atoms with Gasteiger partial charge in [0.25, 0.3) is 0 Å². The molecule has 0 aliphatic carbocycles. The van der Waals surface area contributed by atoms with Gasteiger partial charge in [-0.15, -0.1) is 0 Å². The third kappa shape index (κ3) is 4.06. The molecule has 6 heteroatoms. The molecule has 0 radical (unpaired) electrons. The zero-order chi connectivity index (χ0) is 17.8. The van der Waals surface area contributed by atoms with Crippen molar-refractivity contribution >= 4 is 17.3 Å². The number of aromatic nitrogens is 3. The van der Waals surface area contributed by atoms with Crippen molar-refractivity contribution in [2.75, 3.05) is 18.0 Å². The molecule has 0 spiro atoms. The molecule has 2 aromatic carbocycles. The van der Waals surface area contributed by atoms with Gasteiger partial charge in [-0.2, -0.15) is 5.10 Å². The van der Waals surface area contributed by atoms with Crippen LogP contribution in [0.4, 0.5) is 5.69 Å². The number of nitrogens with one attached hydrogen (secondary N) is 2. The number of anilines is 1. The van der Waals surface area contributed by atoms with E-state index in [-0.39, 0.29) is 0 Å². The van der Waals surface area contributed by atoms with Crippen LogP contribution in [0.5, 0.6) is 0 Å². The van der Waals surface area contributed by atoms with E-state index < -0.39 is 0 Å². The van der Waals surface area contributed by atoms with Crippen LogP contribution in [0.25, 0.3) is 11.1 Å². The molecule has 3 aromatic rings. The summed E-state index contributed by atoms with van der Waals surface area (Å²) in [5.74, 6) is 0.890. The molecule has 0 amide bonds. The van der Waals surface area contributed by atoms with Gasteiger partial charge < -0.3 is 10.2 Å². The summed E-state index contributed by atoms with van der Waals surface area (Å²) >= 11 is 6.14. The first-order chi connectivity index (χ1) is 12.8. The summed E-state index contributed by atoms with van der Waals surface area (Å²) in [6.07, 6.45) is 3.79. The lowest BCUT2D eigenvalue weighted by Crippen LogP contribution is -2.42. The Balaban J connectivity index is 1.38. The van der Waals surface area contributed by atoms with Crippen LogP contribution in [-0.2, 0) is 6.54 Å². The van der Waals surface area contributed by atoms with Crippen LogP contribution in [0.2, 0.25) is 5.02 Å². The van der Waals surface area contributed by atoms with Crippen molar-refractivity contribution in [3.8, 4) is 11.1 Å². The van der Waals surface area contributed by atoms with E-state index in [1.54, 1.807) is 6.33 Å². The highest BCUT2D eigenvalue weighted by Gasteiger charge is 2.19. The zero-order valence-electron chi connectivity index (χ0n) is 14.5. The highest BCUT2D eigenvalue weighted by Crippen LogP contribution is 2.28. The van der Waals surface area contributed by atoms with Gasteiger partial charge in [0.15, 0.2) is 0 Å². The largest absolute Gasteiger partial charge is 0.371 e. The molecule has 0 saturated carbocycles. The molecule has 1 fully saturated rings. The number of hydrogen-bond acceptors (Lipinski definition) is 4. The van der Waals surface area contributed by atoms with E-state index in [0.717, 1.165) is 48.9 Å².